The number of amides is 1. The number of aromatic nitrogens is 3. The lowest BCUT2D eigenvalue weighted by Gasteiger charge is -2.15. The molecule has 0 aliphatic carbocycles. The predicted octanol–water partition coefficient (Wildman–Crippen LogP) is 3.29. The summed E-state index contributed by atoms with van der Waals surface area (Å²) in [6, 6.07) is 15.5. The van der Waals surface area contributed by atoms with Gasteiger partial charge in [0.1, 0.15) is 11.5 Å². The number of nitrogens with zero attached hydrogens (tertiary/aromatic N) is 3. The van der Waals surface area contributed by atoms with Crippen molar-refractivity contribution < 1.29 is 4.79 Å². The van der Waals surface area contributed by atoms with Gasteiger partial charge in [-0.25, -0.2) is 0 Å². The summed E-state index contributed by atoms with van der Waals surface area (Å²) in [4.78, 5) is 30.3. The molecule has 1 aliphatic heterocycles. The Morgan fingerprint density at radius 2 is 1.97 bits per heavy atom. The normalized spacial score (nSPS) is 18.6. The van der Waals surface area contributed by atoms with Gasteiger partial charge >= 0.3 is 0 Å². The van der Waals surface area contributed by atoms with Crippen LogP contribution in [0.25, 0.3) is 0 Å². The number of aryl methyl sites for hydroxylation is 1. The molecule has 1 fully saturated rings. The van der Waals surface area contributed by atoms with Crippen molar-refractivity contribution in [3.8, 4) is 0 Å². The fourth-order valence-corrected chi connectivity index (χ4v) is 4.32. The average Bonchev–Trinajstić information content (AvgIpc) is 3.14. The summed E-state index contributed by atoms with van der Waals surface area (Å²) in [6.07, 6.45) is 0. The second-order valence-electron chi connectivity index (χ2n) is 8.39. The zero-order chi connectivity index (χ0) is 22.7. The molecule has 2 unspecified atom stereocenters. The quantitative estimate of drug-likeness (QED) is 0.600. The summed E-state index contributed by atoms with van der Waals surface area (Å²) in [6.45, 7) is 6.60. The summed E-state index contributed by atoms with van der Waals surface area (Å²) in [5.74, 6) is 0.742. The van der Waals surface area contributed by atoms with Crippen molar-refractivity contribution in [2.75, 3.05) is 13.1 Å². The van der Waals surface area contributed by atoms with Crippen molar-refractivity contribution in [3.63, 3.8) is 0 Å². The van der Waals surface area contributed by atoms with Gasteiger partial charge in [-0.1, -0.05) is 54.9 Å². The van der Waals surface area contributed by atoms with Gasteiger partial charge in [0.2, 0.25) is 0 Å². The van der Waals surface area contributed by atoms with Crippen molar-refractivity contribution in [2.24, 2.45) is 5.92 Å². The SMILES string of the molecule is Cc1ccc(Cl)cc1C(=O)NCc1nnc(C2CN(Cc3ccccc3)CC2C)[nH]c1=O. The third kappa shape index (κ3) is 5.06. The van der Waals surface area contributed by atoms with Crippen molar-refractivity contribution >= 4 is 17.5 Å². The van der Waals surface area contributed by atoms with E-state index in [4.69, 9.17) is 11.6 Å². The Balaban J connectivity index is 1.40. The van der Waals surface area contributed by atoms with Gasteiger partial charge in [-0.3, -0.25) is 14.5 Å². The van der Waals surface area contributed by atoms with E-state index in [1.54, 1.807) is 18.2 Å². The fourth-order valence-electron chi connectivity index (χ4n) is 4.15. The number of carbonyl (C=O) groups is 1. The molecule has 1 aromatic heterocycles. The fraction of sp³-hybridized carbons (Fsp3) is 0.333. The van der Waals surface area contributed by atoms with Crippen LogP contribution in [0.5, 0.6) is 0 Å². The van der Waals surface area contributed by atoms with Crippen LogP contribution in [0.4, 0.5) is 0 Å². The first kappa shape index (κ1) is 22.2. The minimum absolute atomic E-state index is 0.00620. The summed E-state index contributed by atoms with van der Waals surface area (Å²) in [5, 5.41) is 11.6. The Morgan fingerprint density at radius 1 is 1.19 bits per heavy atom. The van der Waals surface area contributed by atoms with Gasteiger partial charge in [0, 0.05) is 36.1 Å². The van der Waals surface area contributed by atoms with Gasteiger partial charge in [0.05, 0.1) is 6.54 Å². The van der Waals surface area contributed by atoms with E-state index in [-0.39, 0.29) is 29.6 Å². The first-order valence-electron chi connectivity index (χ1n) is 10.7. The monoisotopic (exact) mass is 451 g/mol. The molecule has 2 heterocycles. The molecule has 1 saturated heterocycles. The van der Waals surface area contributed by atoms with Crippen LogP contribution in [0.2, 0.25) is 5.02 Å². The first-order chi connectivity index (χ1) is 15.4. The molecular formula is C24H26ClN5O2. The van der Waals surface area contributed by atoms with E-state index in [1.165, 1.54) is 5.56 Å². The molecule has 2 N–H and O–H groups in total. The molecule has 0 spiro atoms. The molecule has 1 aliphatic rings. The van der Waals surface area contributed by atoms with Crippen molar-refractivity contribution in [1.82, 2.24) is 25.4 Å². The van der Waals surface area contributed by atoms with Gasteiger partial charge in [-0.05, 0) is 36.1 Å². The van der Waals surface area contributed by atoms with Gasteiger partial charge in [0.15, 0.2) is 0 Å². The molecular weight excluding hydrogens is 426 g/mol. The lowest BCUT2D eigenvalue weighted by molar-refractivity contribution is 0.0949. The molecule has 2 atom stereocenters. The Labute approximate surface area is 191 Å². The van der Waals surface area contributed by atoms with E-state index in [0.717, 1.165) is 25.2 Å². The highest BCUT2D eigenvalue weighted by Gasteiger charge is 2.32. The van der Waals surface area contributed by atoms with Crippen molar-refractivity contribution in [3.05, 3.63) is 92.1 Å². The van der Waals surface area contributed by atoms with Crippen LogP contribution in [-0.2, 0) is 13.1 Å². The lowest BCUT2D eigenvalue weighted by atomic mass is 9.97. The minimum Gasteiger partial charge on any atom is -0.346 e. The molecule has 4 rings (SSSR count). The van der Waals surface area contributed by atoms with Gasteiger partial charge in [-0.2, -0.15) is 0 Å². The van der Waals surface area contributed by atoms with E-state index >= 15 is 0 Å². The van der Waals surface area contributed by atoms with Crippen LogP contribution in [0.15, 0.2) is 53.3 Å². The molecule has 1 amide bonds. The molecule has 3 aromatic rings. The minimum atomic E-state index is -0.327. The zero-order valence-corrected chi connectivity index (χ0v) is 18.9. The van der Waals surface area contributed by atoms with Gasteiger partial charge in [-0.15, -0.1) is 10.2 Å². The predicted molar refractivity (Wildman–Crippen MR) is 124 cm³/mol. The van der Waals surface area contributed by atoms with Crippen LogP contribution in [0, 0.1) is 12.8 Å². The Kier molecular flexibility index (Phi) is 6.67. The molecule has 2 aromatic carbocycles. The summed E-state index contributed by atoms with van der Waals surface area (Å²) < 4.78 is 0. The van der Waals surface area contributed by atoms with Crippen molar-refractivity contribution in [2.45, 2.75) is 32.9 Å². The standard InChI is InChI=1S/C24H26ClN5O2/c1-15-8-9-18(25)10-19(15)23(31)26-11-21-24(32)27-22(29-28-21)20-14-30(12-16(20)2)13-17-6-4-3-5-7-17/h3-10,16,20H,11-14H2,1-2H3,(H,26,31)(H,27,29,32). The lowest BCUT2D eigenvalue weighted by Crippen LogP contribution is -2.30. The Morgan fingerprint density at radius 3 is 2.72 bits per heavy atom. The number of halogens is 1. The molecule has 0 saturated carbocycles. The third-order valence-electron chi connectivity index (χ3n) is 5.93. The number of nitrogens with one attached hydrogen (secondary N) is 2. The number of aromatic amines is 1. The van der Waals surface area contributed by atoms with Gasteiger partial charge < -0.3 is 10.3 Å². The number of H-pyrrole nitrogens is 1. The number of rotatable bonds is 6. The maximum Gasteiger partial charge on any atom is 0.274 e. The Bertz CT molecular complexity index is 1160. The molecule has 7 nitrogen and oxygen atoms in total. The van der Waals surface area contributed by atoms with Crippen LogP contribution in [0.3, 0.4) is 0 Å². The number of hydrogen-bond acceptors (Lipinski definition) is 5. The summed E-state index contributed by atoms with van der Waals surface area (Å²) >= 11 is 5.99. The molecule has 32 heavy (non-hydrogen) atoms. The van der Waals surface area contributed by atoms with Crippen molar-refractivity contribution in [1.29, 1.82) is 0 Å². The first-order valence-corrected chi connectivity index (χ1v) is 11.0. The molecule has 0 radical (unpaired) electrons. The summed E-state index contributed by atoms with van der Waals surface area (Å²) in [5.41, 5.74) is 2.38. The zero-order valence-electron chi connectivity index (χ0n) is 18.1. The topological polar surface area (TPSA) is 91.0 Å². The number of benzene rings is 2. The molecule has 166 valence electrons. The highest BCUT2D eigenvalue weighted by atomic mass is 35.5. The maximum atomic E-state index is 12.6. The highest BCUT2D eigenvalue weighted by Crippen LogP contribution is 2.30. The highest BCUT2D eigenvalue weighted by molar-refractivity contribution is 6.31. The number of carbonyl (C=O) groups excluding carboxylic acids is 1. The number of hydrogen-bond donors (Lipinski definition) is 2. The third-order valence-corrected chi connectivity index (χ3v) is 6.17. The van der Waals surface area contributed by atoms with Gasteiger partial charge in [0.25, 0.3) is 11.5 Å². The van der Waals surface area contributed by atoms with Crippen LogP contribution in [0.1, 0.15) is 45.8 Å². The van der Waals surface area contributed by atoms with E-state index in [2.05, 4.69) is 44.5 Å². The Hall–Kier alpha value is -3.03. The largest absolute Gasteiger partial charge is 0.346 e. The average molecular weight is 452 g/mol. The van der Waals surface area contributed by atoms with Crippen LogP contribution < -0.4 is 10.9 Å². The number of likely N-dealkylation sites (tertiary alicyclic amines) is 1. The van der Waals surface area contributed by atoms with Crippen LogP contribution >= 0.6 is 11.6 Å². The van der Waals surface area contributed by atoms with E-state index < -0.39 is 0 Å². The van der Waals surface area contributed by atoms with E-state index in [9.17, 15) is 9.59 Å². The summed E-state index contributed by atoms with van der Waals surface area (Å²) in [7, 11) is 0. The maximum absolute atomic E-state index is 12.6. The van der Waals surface area contributed by atoms with Crippen LogP contribution in [-0.4, -0.2) is 39.1 Å². The second-order valence-corrected chi connectivity index (χ2v) is 8.83. The second kappa shape index (κ2) is 9.63. The van der Waals surface area contributed by atoms with E-state index in [1.807, 2.05) is 25.1 Å². The molecule has 8 heteroatoms. The smallest absolute Gasteiger partial charge is 0.274 e. The molecule has 0 bridgehead atoms. The van der Waals surface area contributed by atoms with E-state index in [0.29, 0.717) is 22.3 Å².